The highest BCUT2D eigenvalue weighted by Crippen LogP contribution is 1.92. The highest BCUT2D eigenvalue weighted by Gasteiger charge is 2.07. The van der Waals surface area contributed by atoms with Crippen LogP contribution in [0.3, 0.4) is 0 Å². The molecule has 0 aromatic carbocycles. The van der Waals surface area contributed by atoms with Crippen molar-refractivity contribution in [1.82, 2.24) is 20.9 Å². The van der Waals surface area contributed by atoms with Crippen molar-refractivity contribution in [3.8, 4) is 0 Å². The largest absolute Gasteiger partial charge is 0.308 e. The topological polar surface area (TPSA) is 39.3 Å². The van der Waals surface area contributed by atoms with Crippen LogP contribution < -0.4 is 16.0 Å². The normalized spacial score (nSPS) is 13.6. The van der Waals surface area contributed by atoms with Crippen molar-refractivity contribution >= 4 is 0 Å². The zero-order chi connectivity index (χ0) is 10.1. The van der Waals surface area contributed by atoms with Crippen LogP contribution in [0.4, 0.5) is 0 Å². The van der Waals surface area contributed by atoms with Crippen molar-refractivity contribution in [3.63, 3.8) is 0 Å². The smallest absolute Gasteiger partial charge is 0.0577 e. The van der Waals surface area contributed by atoms with E-state index in [0.29, 0.717) is 6.17 Å². The minimum atomic E-state index is 0.444. The van der Waals surface area contributed by atoms with Gasteiger partial charge in [-0.3, -0.25) is 15.5 Å². The molecule has 0 fully saturated rings. The Kier molecular flexibility index (Phi) is 8.33. The molecule has 4 heteroatoms. The van der Waals surface area contributed by atoms with Crippen molar-refractivity contribution in [3.05, 3.63) is 0 Å². The lowest BCUT2D eigenvalue weighted by atomic mass is 10.4. The van der Waals surface area contributed by atoms with Gasteiger partial charge in [-0.1, -0.05) is 13.8 Å². The maximum absolute atomic E-state index is 3.39. The Labute approximate surface area is 82.1 Å². The van der Waals surface area contributed by atoms with Gasteiger partial charge in [-0.2, -0.15) is 0 Å². The van der Waals surface area contributed by atoms with Gasteiger partial charge in [0.15, 0.2) is 0 Å². The molecule has 0 radical (unpaired) electrons. The van der Waals surface area contributed by atoms with Crippen LogP contribution in [0.2, 0.25) is 0 Å². The third-order valence-corrected chi connectivity index (χ3v) is 2.18. The molecule has 0 aromatic rings. The molecule has 1 atom stereocenters. The fraction of sp³-hybridized carbons (Fsp3) is 1.00. The van der Waals surface area contributed by atoms with E-state index in [9.17, 15) is 0 Å². The van der Waals surface area contributed by atoms with Crippen LogP contribution in [-0.2, 0) is 0 Å². The monoisotopic (exact) mass is 188 g/mol. The van der Waals surface area contributed by atoms with Crippen molar-refractivity contribution in [1.29, 1.82) is 0 Å². The minimum Gasteiger partial charge on any atom is -0.308 e. The number of nitrogens with one attached hydrogen (secondary N) is 3. The molecule has 0 aliphatic heterocycles. The predicted octanol–water partition coefficient (Wildman–Crippen LogP) is -0.0122. The van der Waals surface area contributed by atoms with E-state index in [4.69, 9.17) is 0 Å². The second-order valence-electron chi connectivity index (χ2n) is 3.06. The molecule has 0 saturated heterocycles. The fourth-order valence-corrected chi connectivity index (χ4v) is 1.31. The van der Waals surface area contributed by atoms with Gasteiger partial charge < -0.3 is 5.32 Å². The summed E-state index contributed by atoms with van der Waals surface area (Å²) in [4.78, 5) is 2.38. The minimum absolute atomic E-state index is 0.444. The Balaban J connectivity index is 3.42. The lowest BCUT2D eigenvalue weighted by Crippen LogP contribution is -2.47. The molecule has 0 bridgehead atoms. The highest BCUT2D eigenvalue weighted by molar-refractivity contribution is 4.60. The summed E-state index contributed by atoms with van der Waals surface area (Å²) in [5, 5.41) is 9.65. The van der Waals surface area contributed by atoms with Crippen LogP contribution in [0, 0.1) is 0 Å². The summed E-state index contributed by atoms with van der Waals surface area (Å²) in [6.45, 7) is 10.4. The van der Waals surface area contributed by atoms with Gasteiger partial charge in [0.1, 0.15) is 0 Å². The van der Waals surface area contributed by atoms with Crippen molar-refractivity contribution in [2.45, 2.75) is 26.9 Å². The van der Waals surface area contributed by atoms with Gasteiger partial charge in [-0.05, 0) is 27.1 Å². The third kappa shape index (κ3) is 5.99. The van der Waals surface area contributed by atoms with E-state index < -0.39 is 0 Å². The number of hydrogen-bond donors (Lipinski definition) is 3. The van der Waals surface area contributed by atoms with Gasteiger partial charge in [0, 0.05) is 13.3 Å². The number of nitrogens with zero attached hydrogens (tertiary/aromatic N) is 1. The van der Waals surface area contributed by atoms with E-state index in [1.807, 2.05) is 7.05 Å². The van der Waals surface area contributed by atoms with Crippen LogP contribution in [-0.4, -0.2) is 44.5 Å². The molecular weight excluding hydrogens is 164 g/mol. The summed E-state index contributed by atoms with van der Waals surface area (Å²) >= 11 is 0. The van der Waals surface area contributed by atoms with Crippen LogP contribution in [0.15, 0.2) is 0 Å². The molecular formula is C9H24N4. The second-order valence-corrected chi connectivity index (χ2v) is 3.06. The summed E-state index contributed by atoms with van der Waals surface area (Å²) in [5.74, 6) is 0. The van der Waals surface area contributed by atoms with E-state index in [1.165, 1.54) is 0 Å². The van der Waals surface area contributed by atoms with E-state index >= 15 is 0 Å². The lowest BCUT2D eigenvalue weighted by molar-refractivity contribution is 0.194. The lowest BCUT2D eigenvalue weighted by Gasteiger charge is -2.27. The second kappa shape index (κ2) is 8.44. The van der Waals surface area contributed by atoms with Gasteiger partial charge in [-0.15, -0.1) is 0 Å². The van der Waals surface area contributed by atoms with Crippen molar-refractivity contribution in [2.75, 3.05) is 33.5 Å². The first kappa shape index (κ1) is 12.8. The van der Waals surface area contributed by atoms with Gasteiger partial charge in [-0.25, -0.2) is 0 Å². The van der Waals surface area contributed by atoms with Crippen molar-refractivity contribution in [2.24, 2.45) is 0 Å². The SMILES string of the molecule is CCN(CC)[C@H](C)NCNCNC. The third-order valence-electron chi connectivity index (χ3n) is 2.18. The standard InChI is InChI=1S/C9H24N4/c1-5-13(6-2)9(3)12-8-11-7-10-4/h9-12H,5-8H2,1-4H3/t9-/m1/s1. The average molecular weight is 188 g/mol. The van der Waals surface area contributed by atoms with Crippen molar-refractivity contribution < 1.29 is 0 Å². The van der Waals surface area contributed by atoms with E-state index in [-0.39, 0.29) is 0 Å². The molecule has 13 heavy (non-hydrogen) atoms. The molecule has 0 saturated carbocycles. The molecule has 0 spiro atoms. The van der Waals surface area contributed by atoms with E-state index in [2.05, 4.69) is 41.6 Å². The first-order chi connectivity index (χ1) is 6.26. The van der Waals surface area contributed by atoms with Gasteiger partial charge in [0.2, 0.25) is 0 Å². The molecule has 0 rings (SSSR count). The van der Waals surface area contributed by atoms with Crippen LogP contribution in [0.25, 0.3) is 0 Å². The highest BCUT2D eigenvalue weighted by atomic mass is 15.3. The summed E-state index contributed by atoms with van der Waals surface area (Å²) in [6, 6.07) is 0. The van der Waals surface area contributed by atoms with E-state index in [0.717, 1.165) is 26.4 Å². The van der Waals surface area contributed by atoms with Crippen LogP contribution in [0.1, 0.15) is 20.8 Å². The van der Waals surface area contributed by atoms with Gasteiger partial charge in [0.25, 0.3) is 0 Å². The summed E-state index contributed by atoms with van der Waals surface area (Å²) in [7, 11) is 1.93. The molecule has 4 nitrogen and oxygen atoms in total. The molecule has 0 aromatic heterocycles. The predicted molar refractivity (Wildman–Crippen MR) is 57.4 cm³/mol. The Morgan fingerprint density at radius 3 is 2.23 bits per heavy atom. The Morgan fingerprint density at radius 2 is 1.77 bits per heavy atom. The zero-order valence-electron chi connectivity index (χ0n) is 9.35. The first-order valence-corrected chi connectivity index (χ1v) is 5.09. The van der Waals surface area contributed by atoms with Crippen LogP contribution >= 0.6 is 0 Å². The maximum atomic E-state index is 3.39. The summed E-state index contributed by atoms with van der Waals surface area (Å²) < 4.78 is 0. The molecule has 0 aliphatic carbocycles. The zero-order valence-corrected chi connectivity index (χ0v) is 9.35. The average Bonchev–Trinajstić information content (AvgIpc) is 2.14. The Bertz CT molecular complexity index is 104. The quantitative estimate of drug-likeness (QED) is 0.370. The Hall–Kier alpha value is -0.160. The number of rotatable bonds is 8. The molecule has 0 unspecified atom stereocenters. The first-order valence-electron chi connectivity index (χ1n) is 5.09. The summed E-state index contributed by atoms with van der Waals surface area (Å²) in [6.07, 6.45) is 0.444. The molecule has 3 N–H and O–H groups in total. The fourth-order valence-electron chi connectivity index (χ4n) is 1.31. The Morgan fingerprint density at radius 1 is 1.15 bits per heavy atom. The number of hydrogen-bond acceptors (Lipinski definition) is 4. The molecule has 80 valence electrons. The molecule has 0 amide bonds. The van der Waals surface area contributed by atoms with E-state index in [1.54, 1.807) is 0 Å². The molecule has 0 heterocycles. The van der Waals surface area contributed by atoms with Gasteiger partial charge >= 0.3 is 0 Å². The van der Waals surface area contributed by atoms with Crippen LogP contribution in [0.5, 0.6) is 0 Å². The summed E-state index contributed by atoms with van der Waals surface area (Å²) in [5.41, 5.74) is 0. The maximum Gasteiger partial charge on any atom is 0.0577 e. The van der Waals surface area contributed by atoms with Gasteiger partial charge in [0.05, 0.1) is 6.17 Å². The molecule has 0 aliphatic rings.